The fourth-order valence-electron chi connectivity index (χ4n) is 3.09. The molecular formula is C18H22N2O2. The Hall–Kier alpha value is -2.10. The molecule has 2 aromatic heterocycles. The van der Waals surface area contributed by atoms with Crippen LogP contribution >= 0.6 is 0 Å². The lowest BCUT2D eigenvalue weighted by Crippen LogP contribution is -2.23. The normalized spacial score (nSPS) is 15.1. The second-order valence-electron chi connectivity index (χ2n) is 6.03. The molecule has 1 saturated carbocycles. The van der Waals surface area contributed by atoms with E-state index in [1.165, 1.54) is 25.7 Å². The number of furan rings is 1. The van der Waals surface area contributed by atoms with Crippen LogP contribution in [0, 0.1) is 5.92 Å². The molecule has 0 radical (unpaired) electrons. The van der Waals surface area contributed by atoms with Crippen LogP contribution in [0.5, 0.6) is 0 Å². The summed E-state index contributed by atoms with van der Waals surface area (Å²) in [6.45, 7) is 0.519. The molecule has 1 aliphatic carbocycles. The van der Waals surface area contributed by atoms with Crippen LogP contribution in [0.2, 0.25) is 0 Å². The predicted molar refractivity (Wildman–Crippen MR) is 85.0 cm³/mol. The quantitative estimate of drug-likeness (QED) is 0.879. The van der Waals surface area contributed by atoms with Crippen LogP contribution in [0.25, 0.3) is 11.3 Å². The van der Waals surface area contributed by atoms with Crippen LogP contribution in [-0.4, -0.2) is 10.9 Å². The first-order valence-electron chi connectivity index (χ1n) is 8.06. The van der Waals surface area contributed by atoms with Crippen molar-refractivity contribution in [3.63, 3.8) is 0 Å². The lowest BCUT2D eigenvalue weighted by atomic mass is 10.0. The Morgan fingerprint density at radius 3 is 2.95 bits per heavy atom. The molecule has 2 heterocycles. The molecule has 3 rings (SSSR count). The number of rotatable bonds is 6. The Kier molecular flexibility index (Phi) is 4.88. The smallest absolute Gasteiger partial charge is 0.220 e. The average Bonchev–Trinajstić information content (AvgIpc) is 3.24. The second kappa shape index (κ2) is 7.25. The minimum Gasteiger partial charge on any atom is -0.464 e. The zero-order valence-corrected chi connectivity index (χ0v) is 12.8. The van der Waals surface area contributed by atoms with Crippen LogP contribution < -0.4 is 5.32 Å². The van der Waals surface area contributed by atoms with Crippen molar-refractivity contribution in [2.24, 2.45) is 5.92 Å². The standard InChI is InChI=1S/C18H22N2O2/c21-18(8-7-14-4-1-2-5-14)20-12-15-10-16(13-19-11-15)17-6-3-9-22-17/h3,6,9-11,13-14H,1-2,4-5,7-8,12H2,(H,20,21). The molecule has 2 aromatic rings. The summed E-state index contributed by atoms with van der Waals surface area (Å²) in [6, 6.07) is 5.76. The molecule has 0 bridgehead atoms. The molecule has 0 atom stereocenters. The number of nitrogens with zero attached hydrogens (tertiary/aromatic N) is 1. The van der Waals surface area contributed by atoms with E-state index in [1.807, 2.05) is 18.2 Å². The van der Waals surface area contributed by atoms with Gasteiger partial charge in [0.05, 0.1) is 6.26 Å². The van der Waals surface area contributed by atoms with Crippen molar-refractivity contribution in [2.75, 3.05) is 0 Å². The number of carbonyl (C=O) groups excluding carboxylic acids is 1. The molecule has 0 aliphatic heterocycles. The highest BCUT2D eigenvalue weighted by Gasteiger charge is 2.16. The Morgan fingerprint density at radius 2 is 2.18 bits per heavy atom. The van der Waals surface area contributed by atoms with Gasteiger partial charge in [0.2, 0.25) is 5.91 Å². The number of nitrogens with one attached hydrogen (secondary N) is 1. The topological polar surface area (TPSA) is 55.1 Å². The molecule has 1 N–H and O–H groups in total. The molecule has 1 fully saturated rings. The van der Waals surface area contributed by atoms with Crippen LogP contribution in [0.3, 0.4) is 0 Å². The van der Waals surface area contributed by atoms with Crippen molar-refractivity contribution in [3.05, 3.63) is 42.4 Å². The van der Waals surface area contributed by atoms with E-state index in [4.69, 9.17) is 4.42 Å². The van der Waals surface area contributed by atoms with E-state index in [0.29, 0.717) is 13.0 Å². The fourth-order valence-corrected chi connectivity index (χ4v) is 3.09. The monoisotopic (exact) mass is 298 g/mol. The first-order chi connectivity index (χ1) is 10.8. The average molecular weight is 298 g/mol. The maximum Gasteiger partial charge on any atom is 0.220 e. The molecule has 1 amide bonds. The maximum absolute atomic E-state index is 11.9. The summed E-state index contributed by atoms with van der Waals surface area (Å²) in [6.07, 6.45) is 12.1. The van der Waals surface area contributed by atoms with Gasteiger partial charge >= 0.3 is 0 Å². The Balaban J connectivity index is 1.48. The first-order valence-corrected chi connectivity index (χ1v) is 8.06. The third kappa shape index (κ3) is 3.97. The molecular weight excluding hydrogens is 276 g/mol. The van der Waals surface area contributed by atoms with Crippen LogP contribution in [-0.2, 0) is 11.3 Å². The summed E-state index contributed by atoms with van der Waals surface area (Å²) < 4.78 is 5.37. The highest BCUT2D eigenvalue weighted by atomic mass is 16.3. The fraction of sp³-hybridized carbons (Fsp3) is 0.444. The first kappa shape index (κ1) is 14.8. The zero-order valence-electron chi connectivity index (χ0n) is 12.8. The van der Waals surface area contributed by atoms with E-state index in [2.05, 4.69) is 10.3 Å². The predicted octanol–water partition coefficient (Wildman–Crippen LogP) is 3.93. The summed E-state index contributed by atoms with van der Waals surface area (Å²) in [5.74, 6) is 1.69. The van der Waals surface area contributed by atoms with E-state index >= 15 is 0 Å². The summed E-state index contributed by atoms with van der Waals surface area (Å²) in [4.78, 5) is 16.2. The number of hydrogen-bond acceptors (Lipinski definition) is 3. The summed E-state index contributed by atoms with van der Waals surface area (Å²) in [7, 11) is 0. The van der Waals surface area contributed by atoms with Gasteiger partial charge in [0.1, 0.15) is 5.76 Å². The molecule has 0 spiro atoms. The number of carbonyl (C=O) groups is 1. The van der Waals surface area contributed by atoms with Crippen LogP contribution in [0.1, 0.15) is 44.1 Å². The molecule has 0 unspecified atom stereocenters. The summed E-state index contributed by atoms with van der Waals surface area (Å²) in [5, 5.41) is 2.99. The van der Waals surface area contributed by atoms with Crippen molar-refractivity contribution in [1.29, 1.82) is 0 Å². The molecule has 22 heavy (non-hydrogen) atoms. The zero-order chi connectivity index (χ0) is 15.2. The summed E-state index contributed by atoms with van der Waals surface area (Å²) >= 11 is 0. The summed E-state index contributed by atoms with van der Waals surface area (Å²) in [5.41, 5.74) is 1.92. The number of amides is 1. The highest BCUT2D eigenvalue weighted by Crippen LogP contribution is 2.28. The third-order valence-corrected chi connectivity index (χ3v) is 4.34. The minimum atomic E-state index is 0.135. The van der Waals surface area contributed by atoms with Gasteiger partial charge in [-0.2, -0.15) is 0 Å². The van der Waals surface area contributed by atoms with E-state index in [-0.39, 0.29) is 5.91 Å². The van der Waals surface area contributed by atoms with E-state index in [9.17, 15) is 4.79 Å². The van der Waals surface area contributed by atoms with Crippen molar-refractivity contribution in [1.82, 2.24) is 10.3 Å². The largest absolute Gasteiger partial charge is 0.464 e. The lowest BCUT2D eigenvalue weighted by Gasteiger charge is -2.09. The van der Waals surface area contributed by atoms with Crippen molar-refractivity contribution < 1.29 is 9.21 Å². The van der Waals surface area contributed by atoms with Gasteiger partial charge in [-0.05, 0) is 36.1 Å². The number of aromatic nitrogens is 1. The maximum atomic E-state index is 11.9. The minimum absolute atomic E-state index is 0.135. The van der Waals surface area contributed by atoms with E-state index in [1.54, 1.807) is 18.7 Å². The molecule has 0 aromatic carbocycles. The molecule has 1 aliphatic rings. The molecule has 4 heteroatoms. The lowest BCUT2D eigenvalue weighted by molar-refractivity contribution is -0.121. The van der Waals surface area contributed by atoms with Crippen LogP contribution in [0.4, 0.5) is 0 Å². The van der Waals surface area contributed by atoms with Crippen molar-refractivity contribution >= 4 is 5.91 Å². The highest BCUT2D eigenvalue weighted by molar-refractivity contribution is 5.75. The molecule has 116 valence electrons. The van der Waals surface area contributed by atoms with Crippen molar-refractivity contribution in [2.45, 2.75) is 45.1 Å². The SMILES string of the molecule is O=C(CCC1CCCC1)NCc1cncc(-c2ccco2)c1. The van der Waals surface area contributed by atoms with Gasteiger partial charge in [-0.25, -0.2) is 0 Å². The van der Waals surface area contributed by atoms with Crippen molar-refractivity contribution in [3.8, 4) is 11.3 Å². The Labute approximate surface area is 130 Å². The van der Waals surface area contributed by atoms with Gasteiger partial charge in [-0.1, -0.05) is 25.7 Å². The van der Waals surface area contributed by atoms with Gasteiger partial charge in [0, 0.05) is 30.9 Å². The number of hydrogen-bond donors (Lipinski definition) is 1. The van der Waals surface area contributed by atoms with Gasteiger partial charge < -0.3 is 9.73 Å². The third-order valence-electron chi connectivity index (χ3n) is 4.34. The Bertz CT molecular complexity index is 601. The van der Waals surface area contributed by atoms with Crippen LogP contribution in [0.15, 0.2) is 41.3 Å². The van der Waals surface area contributed by atoms with Gasteiger partial charge in [0.15, 0.2) is 0 Å². The van der Waals surface area contributed by atoms with E-state index < -0.39 is 0 Å². The molecule has 0 saturated heterocycles. The second-order valence-corrected chi connectivity index (χ2v) is 6.03. The van der Waals surface area contributed by atoms with Gasteiger partial charge in [0.25, 0.3) is 0 Å². The molecule has 4 nitrogen and oxygen atoms in total. The van der Waals surface area contributed by atoms with Gasteiger partial charge in [-0.15, -0.1) is 0 Å². The number of pyridine rings is 1. The van der Waals surface area contributed by atoms with E-state index in [0.717, 1.165) is 29.2 Å². The Morgan fingerprint density at radius 1 is 1.32 bits per heavy atom. The van der Waals surface area contributed by atoms with Gasteiger partial charge in [-0.3, -0.25) is 9.78 Å².